The Morgan fingerprint density at radius 2 is 1.68 bits per heavy atom. The second-order valence-electron chi connectivity index (χ2n) is 6.21. The highest BCUT2D eigenvalue weighted by Gasteiger charge is 2.20. The Morgan fingerprint density at radius 1 is 1.00 bits per heavy atom. The van der Waals surface area contributed by atoms with E-state index in [1.54, 1.807) is 12.1 Å². The van der Waals surface area contributed by atoms with Crippen LogP contribution in [0.15, 0.2) is 71.7 Å². The normalized spacial score (nSPS) is 10.5. The van der Waals surface area contributed by atoms with E-state index in [0.29, 0.717) is 6.42 Å². The van der Waals surface area contributed by atoms with Gasteiger partial charge in [-0.2, -0.15) is 0 Å². The van der Waals surface area contributed by atoms with Gasteiger partial charge in [0, 0.05) is 18.3 Å². The number of aromatic hydroxyl groups is 1. The molecule has 0 spiro atoms. The van der Waals surface area contributed by atoms with Crippen molar-refractivity contribution in [3.63, 3.8) is 0 Å². The molecule has 1 aromatic heterocycles. The number of phenolic OH excluding ortho intramolecular Hbond substituents is 1. The SMILES string of the molecule is COC(=O)c1cc(C(=O)c2ccccc2O)cn(CCc2ccccc2)c1=O. The van der Waals surface area contributed by atoms with E-state index in [1.165, 1.54) is 36.1 Å². The Bertz CT molecular complexity index is 1070. The van der Waals surface area contributed by atoms with Crippen LogP contribution in [-0.2, 0) is 17.7 Å². The lowest BCUT2D eigenvalue weighted by Crippen LogP contribution is -2.29. The number of aryl methyl sites for hydroxylation is 2. The summed E-state index contributed by atoms with van der Waals surface area (Å²) in [5, 5.41) is 9.96. The fourth-order valence-corrected chi connectivity index (χ4v) is 2.90. The summed E-state index contributed by atoms with van der Waals surface area (Å²) in [6, 6.07) is 16.9. The smallest absolute Gasteiger partial charge is 0.343 e. The van der Waals surface area contributed by atoms with Gasteiger partial charge in [0.05, 0.1) is 12.7 Å². The molecule has 28 heavy (non-hydrogen) atoms. The van der Waals surface area contributed by atoms with Crippen LogP contribution in [0.2, 0.25) is 0 Å². The van der Waals surface area contributed by atoms with Gasteiger partial charge in [-0.1, -0.05) is 42.5 Å². The number of carbonyl (C=O) groups is 2. The second-order valence-corrected chi connectivity index (χ2v) is 6.21. The molecule has 1 heterocycles. The number of rotatable bonds is 6. The Hall–Kier alpha value is -3.67. The maximum absolute atomic E-state index is 12.8. The van der Waals surface area contributed by atoms with Gasteiger partial charge in [-0.05, 0) is 30.2 Å². The largest absolute Gasteiger partial charge is 0.507 e. The maximum atomic E-state index is 12.8. The third kappa shape index (κ3) is 4.01. The number of hydrogen-bond acceptors (Lipinski definition) is 5. The van der Waals surface area contributed by atoms with E-state index >= 15 is 0 Å². The summed E-state index contributed by atoms with van der Waals surface area (Å²) in [5.74, 6) is -1.48. The zero-order valence-corrected chi connectivity index (χ0v) is 15.3. The van der Waals surface area contributed by atoms with Crippen LogP contribution in [0.4, 0.5) is 0 Å². The van der Waals surface area contributed by atoms with Gasteiger partial charge in [0.2, 0.25) is 0 Å². The lowest BCUT2D eigenvalue weighted by molar-refractivity contribution is 0.0598. The Morgan fingerprint density at radius 3 is 2.36 bits per heavy atom. The van der Waals surface area contributed by atoms with Gasteiger partial charge in [0.15, 0.2) is 5.78 Å². The number of hydrogen-bond donors (Lipinski definition) is 1. The Labute approximate surface area is 161 Å². The first kappa shape index (κ1) is 19.1. The summed E-state index contributed by atoms with van der Waals surface area (Å²) < 4.78 is 6.01. The molecule has 3 rings (SSSR count). The fourth-order valence-electron chi connectivity index (χ4n) is 2.90. The van der Waals surface area contributed by atoms with Crippen molar-refractivity contribution in [2.24, 2.45) is 0 Å². The molecule has 2 aromatic carbocycles. The molecule has 1 N–H and O–H groups in total. The summed E-state index contributed by atoms with van der Waals surface area (Å²) in [5.41, 5.74) is 0.473. The van der Waals surface area contributed by atoms with Crippen LogP contribution in [0.5, 0.6) is 5.75 Å². The van der Waals surface area contributed by atoms with Crippen LogP contribution in [0, 0.1) is 0 Å². The maximum Gasteiger partial charge on any atom is 0.343 e. The molecule has 0 fully saturated rings. The number of phenols is 1. The van der Waals surface area contributed by atoms with E-state index in [9.17, 15) is 19.5 Å². The third-order valence-corrected chi connectivity index (χ3v) is 4.39. The molecule has 0 saturated heterocycles. The van der Waals surface area contributed by atoms with Crippen LogP contribution < -0.4 is 5.56 Å². The molecule has 0 aliphatic rings. The molecule has 6 nitrogen and oxygen atoms in total. The van der Waals surface area contributed by atoms with E-state index in [2.05, 4.69) is 4.74 Å². The van der Waals surface area contributed by atoms with E-state index in [4.69, 9.17) is 0 Å². The van der Waals surface area contributed by atoms with Crippen molar-refractivity contribution < 1.29 is 19.4 Å². The van der Waals surface area contributed by atoms with Crippen LogP contribution in [-0.4, -0.2) is 28.5 Å². The second kappa shape index (κ2) is 8.35. The molecule has 0 radical (unpaired) electrons. The van der Waals surface area contributed by atoms with Crippen molar-refractivity contribution in [1.29, 1.82) is 0 Å². The number of ketones is 1. The van der Waals surface area contributed by atoms with Crippen LogP contribution >= 0.6 is 0 Å². The number of nitrogens with zero attached hydrogens (tertiary/aromatic N) is 1. The van der Waals surface area contributed by atoms with Gasteiger partial charge < -0.3 is 14.4 Å². The van der Waals surface area contributed by atoms with Crippen LogP contribution in [0.25, 0.3) is 0 Å². The van der Waals surface area contributed by atoms with Crippen molar-refractivity contribution in [3.8, 4) is 5.75 Å². The highest BCUT2D eigenvalue weighted by Crippen LogP contribution is 2.20. The van der Waals surface area contributed by atoms with Crippen LogP contribution in [0.1, 0.15) is 31.8 Å². The first-order chi connectivity index (χ1) is 13.5. The zero-order valence-electron chi connectivity index (χ0n) is 15.3. The van der Waals surface area contributed by atoms with Crippen molar-refractivity contribution in [2.75, 3.05) is 7.11 Å². The zero-order chi connectivity index (χ0) is 20.1. The van der Waals surface area contributed by atoms with E-state index in [1.807, 2.05) is 30.3 Å². The van der Waals surface area contributed by atoms with Crippen molar-refractivity contribution >= 4 is 11.8 Å². The van der Waals surface area contributed by atoms with Crippen molar-refractivity contribution in [2.45, 2.75) is 13.0 Å². The van der Waals surface area contributed by atoms with Gasteiger partial charge in [0.1, 0.15) is 11.3 Å². The summed E-state index contributed by atoms with van der Waals surface area (Å²) in [6.07, 6.45) is 1.96. The van der Waals surface area contributed by atoms with Crippen LogP contribution in [0.3, 0.4) is 0 Å². The van der Waals surface area contributed by atoms with Gasteiger partial charge in [-0.15, -0.1) is 0 Å². The molecule has 0 atom stereocenters. The highest BCUT2D eigenvalue weighted by atomic mass is 16.5. The first-order valence-electron chi connectivity index (χ1n) is 8.70. The number of pyridine rings is 1. The molecule has 0 saturated carbocycles. The minimum atomic E-state index is -0.814. The minimum absolute atomic E-state index is 0.0894. The molecule has 0 unspecified atom stereocenters. The van der Waals surface area contributed by atoms with E-state index < -0.39 is 17.3 Å². The number of methoxy groups -OCH3 is 1. The summed E-state index contributed by atoms with van der Waals surface area (Å²) in [7, 11) is 1.17. The number of aromatic nitrogens is 1. The van der Waals surface area contributed by atoms with Crippen molar-refractivity contribution in [1.82, 2.24) is 4.57 Å². The highest BCUT2D eigenvalue weighted by molar-refractivity contribution is 6.11. The summed E-state index contributed by atoms with van der Waals surface area (Å²) >= 11 is 0. The molecule has 142 valence electrons. The Kier molecular flexibility index (Phi) is 5.69. The molecule has 0 bridgehead atoms. The molecule has 0 aliphatic carbocycles. The predicted molar refractivity (Wildman–Crippen MR) is 104 cm³/mol. The molecule has 0 amide bonds. The lowest BCUT2D eigenvalue weighted by Gasteiger charge is -2.11. The molecular weight excluding hydrogens is 358 g/mol. The average molecular weight is 377 g/mol. The molecule has 0 aliphatic heterocycles. The number of para-hydroxylation sites is 1. The number of carbonyl (C=O) groups excluding carboxylic acids is 2. The standard InChI is InChI=1S/C22H19NO5/c1-28-22(27)18-13-16(20(25)17-9-5-6-10-19(17)24)14-23(21(18)26)12-11-15-7-3-2-4-8-15/h2-10,13-14,24H,11-12H2,1H3. The summed E-state index contributed by atoms with van der Waals surface area (Å²) in [4.78, 5) is 37.6. The van der Waals surface area contributed by atoms with Gasteiger partial charge in [-0.25, -0.2) is 4.79 Å². The van der Waals surface area contributed by atoms with E-state index in [0.717, 1.165) is 5.56 Å². The average Bonchev–Trinajstić information content (AvgIpc) is 2.73. The predicted octanol–water partition coefficient (Wildman–Crippen LogP) is 2.81. The lowest BCUT2D eigenvalue weighted by atomic mass is 10.0. The monoisotopic (exact) mass is 377 g/mol. The third-order valence-electron chi connectivity index (χ3n) is 4.39. The van der Waals surface area contributed by atoms with Gasteiger partial charge in [-0.3, -0.25) is 9.59 Å². The van der Waals surface area contributed by atoms with E-state index in [-0.39, 0.29) is 29.0 Å². The number of benzene rings is 2. The number of ether oxygens (including phenoxy) is 1. The fraction of sp³-hybridized carbons (Fsp3) is 0.136. The van der Waals surface area contributed by atoms with Gasteiger partial charge in [0.25, 0.3) is 5.56 Å². The quantitative estimate of drug-likeness (QED) is 0.527. The molecule has 6 heteroatoms. The van der Waals surface area contributed by atoms with Crippen molar-refractivity contribution in [3.05, 3.63) is 99.5 Å². The summed E-state index contributed by atoms with van der Waals surface area (Å²) in [6.45, 7) is 0.286. The topological polar surface area (TPSA) is 85.6 Å². The molecular formula is C22H19NO5. The first-order valence-corrected chi connectivity index (χ1v) is 8.70. The number of esters is 1. The van der Waals surface area contributed by atoms with Gasteiger partial charge >= 0.3 is 5.97 Å². The minimum Gasteiger partial charge on any atom is -0.507 e. The Balaban J connectivity index is 2.03. The molecule has 3 aromatic rings.